The van der Waals surface area contributed by atoms with E-state index >= 15 is 0 Å². The molecule has 1 rings (SSSR count). The molecule has 0 radical (unpaired) electrons. The molecule has 1 unspecified atom stereocenters. The number of anilines is 1. The Morgan fingerprint density at radius 2 is 1.48 bits per heavy atom. The van der Waals surface area contributed by atoms with Crippen molar-refractivity contribution < 1.29 is 28.8 Å². The van der Waals surface area contributed by atoms with Crippen molar-refractivity contribution in [1.82, 2.24) is 10.6 Å². The standard InChI is InChI=1S/C22H33N3O4.C9H16O2.C2H6/c1-4-5-11-20(28)18-9-8-10-19(22(18)17(3)27)25-15-21(29)24-13-7-6-12-23-14-16(2)26;1-4-9(11)6-5-7(2)8(3)10;1-2/h8-10,23,25H,4-7,11-15H2,1-3H3,(H,24,29);7H,4-6H2,1-3H3;1-2H3. The fraction of sp³-hybridized carbons (Fsp3) is 0.636. The summed E-state index contributed by atoms with van der Waals surface area (Å²) in [5, 5.41) is 8.83. The van der Waals surface area contributed by atoms with Crippen molar-refractivity contribution in [3.8, 4) is 0 Å². The monoisotopic (exact) mass is 589 g/mol. The van der Waals surface area contributed by atoms with Gasteiger partial charge in [0.25, 0.3) is 0 Å². The lowest BCUT2D eigenvalue weighted by atomic mass is 9.96. The van der Waals surface area contributed by atoms with Crippen molar-refractivity contribution >= 4 is 40.5 Å². The van der Waals surface area contributed by atoms with Crippen LogP contribution in [0.2, 0.25) is 0 Å². The molecular weight excluding hydrogens is 534 g/mol. The third-order valence-electron chi connectivity index (χ3n) is 6.33. The second-order valence-corrected chi connectivity index (χ2v) is 10.0. The molecule has 1 atom stereocenters. The smallest absolute Gasteiger partial charge is 0.239 e. The van der Waals surface area contributed by atoms with E-state index in [1.807, 2.05) is 34.6 Å². The predicted molar refractivity (Wildman–Crippen MR) is 170 cm³/mol. The number of hydrogen-bond acceptors (Lipinski definition) is 8. The van der Waals surface area contributed by atoms with Gasteiger partial charge in [-0.1, -0.05) is 53.2 Å². The summed E-state index contributed by atoms with van der Waals surface area (Å²) in [5.41, 5.74) is 1.26. The number of benzene rings is 1. The zero-order valence-electron chi connectivity index (χ0n) is 27.2. The molecule has 3 N–H and O–H groups in total. The minimum absolute atomic E-state index is 0.0233. The minimum Gasteiger partial charge on any atom is -0.376 e. The molecule has 0 aliphatic heterocycles. The number of carbonyl (C=O) groups is 6. The van der Waals surface area contributed by atoms with Gasteiger partial charge in [0, 0.05) is 43.0 Å². The summed E-state index contributed by atoms with van der Waals surface area (Å²) < 4.78 is 0. The first kappa shape index (κ1) is 40.9. The highest BCUT2D eigenvalue weighted by Crippen LogP contribution is 2.22. The number of rotatable bonds is 20. The molecule has 0 aliphatic carbocycles. The van der Waals surface area contributed by atoms with E-state index in [1.165, 1.54) is 13.8 Å². The highest BCUT2D eigenvalue weighted by Gasteiger charge is 2.18. The van der Waals surface area contributed by atoms with Crippen LogP contribution in [-0.2, 0) is 19.2 Å². The highest BCUT2D eigenvalue weighted by molar-refractivity contribution is 6.11. The molecule has 9 heteroatoms. The van der Waals surface area contributed by atoms with Crippen molar-refractivity contribution in [2.24, 2.45) is 5.92 Å². The van der Waals surface area contributed by atoms with Gasteiger partial charge in [-0.25, -0.2) is 0 Å². The van der Waals surface area contributed by atoms with Crippen molar-refractivity contribution in [1.29, 1.82) is 0 Å². The maximum atomic E-state index is 12.4. The Morgan fingerprint density at radius 3 is 2.02 bits per heavy atom. The molecule has 0 heterocycles. The molecule has 0 saturated heterocycles. The molecular formula is C33H55N3O6. The van der Waals surface area contributed by atoms with Gasteiger partial charge in [-0.05, 0) is 59.1 Å². The van der Waals surface area contributed by atoms with Crippen LogP contribution in [0.3, 0.4) is 0 Å². The lowest BCUT2D eigenvalue weighted by Crippen LogP contribution is -2.31. The van der Waals surface area contributed by atoms with Crippen molar-refractivity contribution in [2.75, 3.05) is 31.5 Å². The number of hydrogen-bond donors (Lipinski definition) is 3. The number of ketones is 5. The van der Waals surface area contributed by atoms with Gasteiger partial charge in [-0.3, -0.25) is 28.8 Å². The van der Waals surface area contributed by atoms with Gasteiger partial charge in [0.05, 0.1) is 18.7 Å². The van der Waals surface area contributed by atoms with Crippen LogP contribution in [-0.4, -0.2) is 61.0 Å². The Bertz CT molecular complexity index is 990. The van der Waals surface area contributed by atoms with Crippen LogP contribution in [0.1, 0.15) is 127 Å². The fourth-order valence-electron chi connectivity index (χ4n) is 3.65. The van der Waals surface area contributed by atoms with E-state index in [0.29, 0.717) is 55.6 Å². The first-order chi connectivity index (χ1) is 19.9. The van der Waals surface area contributed by atoms with E-state index in [2.05, 4.69) is 16.0 Å². The number of unbranched alkanes of at least 4 members (excludes halogenated alkanes) is 2. The van der Waals surface area contributed by atoms with E-state index < -0.39 is 0 Å². The van der Waals surface area contributed by atoms with E-state index in [4.69, 9.17) is 0 Å². The third kappa shape index (κ3) is 19.8. The average molecular weight is 590 g/mol. The van der Waals surface area contributed by atoms with Gasteiger partial charge in [-0.2, -0.15) is 0 Å². The summed E-state index contributed by atoms with van der Waals surface area (Å²) in [6.45, 7) is 15.9. The fourth-order valence-corrected chi connectivity index (χ4v) is 3.65. The normalized spacial score (nSPS) is 10.7. The number of Topliss-reactive ketones (excluding diaryl/α,β-unsaturated/α-hetero) is 5. The van der Waals surface area contributed by atoms with Crippen molar-refractivity contribution in [3.05, 3.63) is 29.3 Å². The van der Waals surface area contributed by atoms with Crippen LogP contribution >= 0.6 is 0 Å². The average Bonchev–Trinajstić information content (AvgIpc) is 2.97. The van der Waals surface area contributed by atoms with Crippen molar-refractivity contribution in [3.63, 3.8) is 0 Å². The van der Waals surface area contributed by atoms with Crippen LogP contribution in [0, 0.1) is 5.92 Å². The Balaban J connectivity index is 0. The molecule has 0 spiro atoms. The topological polar surface area (TPSA) is 139 Å². The van der Waals surface area contributed by atoms with Crippen LogP contribution < -0.4 is 16.0 Å². The number of amides is 1. The van der Waals surface area contributed by atoms with E-state index in [9.17, 15) is 28.8 Å². The van der Waals surface area contributed by atoms with Crippen molar-refractivity contribution in [2.45, 2.75) is 107 Å². The van der Waals surface area contributed by atoms with Crippen LogP contribution in [0.25, 0.3) is 0 Å². The summed E-state index contributed by atoms with van der Waals surface area (Å²) in [6, 6.07) is 5.10. The molecule has 1 aromatic rings. The molecule has 0 aromatic heterocycles. The molecule has 42 heavy (non-hydrogen) atoms. The zero-order chi connectivity index (χ0) is 32.5. The Morgan fingerprint density at radius 1 is 0.833 bits per heavy atom. The lowest BCUT2D eigenvalue weighted by molar-refractivity contribution is -0.122. The quantitative estimate of drug-likeness (QED) is 0.129. The van der Waals surface area contributed by atoms with E-state index in [0.717, 1.165) is 32.2 Å². The van der Waals surface area contributed by atoms with Crippen LogP contribution in [0.15, 0.2) is 18.2 Å². The first-order valence-corrected chi connectivity index (χ1v) is 15.3. The molecule has 0 saturated carbocycles. The summed E-state index contributed by atoms with van der Waals surface area (Å²) in [4.78, 5) is 69.0. The molecule has 0 aliphatic rings. The van der Waals surface area contributed by atoms with Gasteiger partial charge in [0.1, 0.15) is 17.3 Å². The molecule has 238 valence electrons. The maximum Gasteiger partial charge on any atom is 0.239 e. The maximum absolute atomic E-state index is 12.4. The predicted octanol–water partition coefficient (Wildman–Crippen LogP) is 5.75. The van der Waals surface area contributed by atoms with Gasteiger partial charge in [0.2, 0.25) is 5.91 Å². The van der Waals surface area contributed by atoms with Gasteiger partial charge >= 0.3 is 0 Å². The van der Waals surface area contributed by atoms with Crippen LogP contribution in [0.4, 0.5) is 5.69 Å². The second kappa shape index (κ2) is 25.5. The molecule has 0 fully saturated rings. The third-order valence-corrected chi connectivity index (χ3v) is 6.33. The number of carbonyl (C=O) groups excluding carboxylic acids is 6. The molecule has 1 aromatic carbocycles. The number of nitrogens with one attached hydrogen (secondary N) is 3. The summed E-state index contributed by atoms with van der Waals surface area (Å²) >= 11 is 0. The Hall–Kier alpha value is -3.20. The SMILES string of the molecule is CC.CCC(=O)CCC(C)C(C)=O.CCCCC(=O)c1cccc(NCC(=O)NCCCCNCC(C)=O)c1C(C)=O. The van der Waals surface area contributed by atoms with Crippen LogP contribution in [0.5, 0.6) is 0 Å². The minimum atomic E-state index is -0.202. The highest BCUT2D eigenvalue weighted by atomic mass is 16.2. The molecule has 0 bridgehead atoms. The largest absolute Gasteiger partial charge is 0.376 e. The van der Waals surface area contributed by atoms with E-state index in [1.54, 1.807) is 25.1 Å². The Labute approximate surface area is 253 Å². The summed E-state index contributed by atoms with van der Waals surface area (Å²) in [6.07, 6.45) is 5.60. The second-order valence-electron chi connectivity index (χ2n) is 10.0. The lowest BCUT2D eigenvalue weighted by Gasteiger charge is -2.14. The van der Waals surface area contributed by atoms with E-state index in [-0.39, 0.29) is 47.3 Å². The summed E-state index contributed by atoms with van der Waals surface area (Å²) in [7, 11) is 0. The molecule has 1 amide bonds. The Kier molecular flexibility index (Phi) is 24.9. The summed E-state index contributed by atoms with van der Waals surface area (Å²) in [5.74, 6) is 0.136. The zero-order valence-corrected chi connectivity index (χ0v) is 27.2. The van der Waals surface area contributed by atoms with Gasteiger partial charge in [0.15, 0.2) is 11.6 Å². The van der Waals surface area contributed by atoms with Gasteiger partial charge in [-0.15, -0.1) is 0 Å². The molecule has 9 nitrogen and oxygen atoms in total. The van der Waals surface area contributed by atoms with Gasteiger partial charge < -0.3 is 16.0 Å². The first-order valence-electron chi connectivity index (χ1n) is 15.3.